The number of hydrogen-bond donors (Lipinski definition) is 0. The molecular formula is AlCuSZn+5. The Morgan fingerprint density at radius 3 is 1.00 bits per heavy atom. The topological polar surface area (TPSA) is 0 Å². The molecule has 17 valence electrons. The van der Waals surface area contributed by atoms with Gasteiger partial charge in [0, 0.05) is 0 Å². The Labute approximate surface area is 66.9 Å². The van der Waals surface area contributed by atoms with Gasteiger partial charge in [0.15, 0.2) is 0 Å². The minimum Gasteiger partial charge on any atom is -2.00 e. The summed E-state index contributed by atoms with van der Waals surface area (Å²) in [4.78, 5) is 0. The summed E-state index contributed by atoms with van der Waals surface area (Å²) in [7, 11) is 0. The van der Waals surface area contributed by atoms with Crippen LogP contribution in [-0.2, 0) is 50.0 Å². The Morgan fingerprint density at radius 2 is 1.00 bits per heavy atom. The summed E-state index contributed by atoms with van der Waals surface area (Å²) < 4.78 is 0. The van der Waals surface area contributed by atoms with E-state index in [0.29, 0.717) is 0 Å². The molecule has 0 saturated carbocycles. The molecule has 0 fully saturated rings. The normalized spacial score (nSPS) is 0. The molecule has 0 bridgehead atoms. The van der Waals surface area contributed by atoms with E-state index in [9.17, 15) is 0 Å². The smallest absolute Gasteiger partial charge is 2.00 e. The van der Waals surface area contributed by atoms with E-state index in [4.69, 9.17) is 0 Å². The Hall–Kier alpha value is 2.03. The van der Waals surface area contributed by atoms with E-state index in [1.54, 1.807) is 0 Å². The van der Waals surface area contributed by atoms with Gasteiger partial charge in [-0.25, -0.2) is 0 Å². The molecule has 0 aromatic heterocycles. The molecule has 0 aromatic rings. The largest absolute Gasteiger partial charge is 3.00 e. The van der Waals surface area contributed by atoms with Crippen LogP contribution in [0.2, 0.25) is 0 Å². The molecule has 4 heteroatoms. The molecule has 1 radical (unpaired) electrons. The molecule has 0 atom stereocenters. The van der Waals surface area contributed by atoms with Crippen molar-refractivity contribution in [2.24, 2.45) is 0 Å². The first kappa shape index (κ1) is 37.1. The van der Waals surface area contributed by atoms with Crippen LogP contribution < -0.4 is 0 Å². The van der Waals surface area contributed by atoms with Crippen LogP contribution in [-0.4, -0.2) is 17.4 Å². The molecule has 0 aliphatic carbocycles. The van der Waals surface area contributed by atoms with Crippen molar-refractivity contribution < 1.29 is 36.5 Å². The van der Waals surface area contributed by atoms with Crippen LogP contribution in [0.4, 0.5) is 0 Å². The summed E-state index contributed by atoms with van der Waals surface area (Å²) in [5, 5.41) is 0. The van der Waals surface area contributed by atoms with Gasteiger partial charge in [-0.05, 0) is 0 Å². The van der Waals surface area contributed by atoms with Crippen molar-refractivity contribution in [2.75, 3.05) is 0 Å². The van der Waals surface area contributed by atoms with Gasteiger partial charge in [0.25, 0.3) is 0 Å². The third kappa shape index (κ3) is 8.98. The van der Waals surface area contributed by atoms with Gasteiger partial charge >= 0.3 is 53.9 Å². The molecule has 0 aromatic carbocycles. The van der Waals surface area contributed by atoms with Gasteiger partial charge in [-0.1, -0.05) is 0 Å². The van der Waals surface area contributed by atoms with Crippen molar-refractivity contribution in [1.82, 2.24) is 0 Å². The third-order valence-corrected chi connectivity index (χ3v) is 0. The van der Waals surface area contributed by atoms with E-state index in [1.807, 2.05) is 0 Å². The van der Waals surface area contributed by atoms with Crippen molar-refractivity contribution in [3.8, 4) is 0 Å². The first-order chi connectivity index (χ1) is 0. The van der Waals surface area contributed by atoms with Gasteiger partial charge in [0.2, 0.25) is 0 Å². The van der Waals surface area contributed by atoms with Gasteiger partial charge in [-0.15, -0.1) is 0 Å². The second-order valence-corrected chi connectivity index (χ2v) is 0. The fourth-order valence-electron chi connectivity index (χ4n) is 0. The Morgan fingerprint density at radius 1 is 1.00 bits per heavy atom. The molecule has 4 heavy (non-hydrogen) atoms. The predicted octanol–water partition coefficient (Wildman–Crippen LogP) is -0.388. The number of hydrogen-bond acceptors (Lipinski definition) is 0. The Bertz CT molecular complexity index is 8.00. The van der Waals surface area contributed by atoms with Gasteiger partial charge in [0.05, 0.1) is 0 Å². The second kappa shape index (κ2) is 19.9. The van der Waals surface area contributed by atoms with Gasteiger partial charge in [0.1, 0.15) is 0 Å². The van der Waals surface area contributed by atoms with Crippen molar-refractivity contribution >= 4 is 30.9 Å². The molecule has 0 aliphatic heterocycles. The van der Waals surface area contributed by atoms with E-state index in [-0.39, 0.29) is 67.4 Å². The van der Waals surface area contributed by atoms with E-state index in [2.05, 4.69) is 0 Å². The molecule has 0 N–H and O–H groups in total. The molecule has 0 spiro atoms. The standard InChI is InChI=1S/Al.Cu.S.Zn/q+3;+2;-2;+2. The SMILES string of the molecule is [Al+3].[Cu+2].[S-2].[Zn+2]. The van der Waals surface area contributed by atoms with Crippen LogP contribution in [0.25, 0.3) is 0 Å². The second-order valence-electron chi connectivity index (χ2n) is 0. The van der Waals surface area contributed by atoms with Gasteiger partial charge < -0.3 is 13.5 Å². The number of rotatable bonds is 0. The monoisotopic (exact) mass is 186 g/mol. The van der Waals surface area contributed by atoms with E-state index in [1.165, 1.54) is 0 Å². The van der Waals surface area contributed by atoms with E-state index >= 15 is 0 Å². The average molecular weight is 188 g/mol. The first-order valence-corrected chi connectivity index (χ1v) is 0. The fraction of sp³-hybridized carbons (Fsp3) is 0. The van der Waals surface area contributed by atoms with Gasteiger partial charge in [-0.3, -0.25) is 0 Å². The third-order valence-electron chi connectivity index (χ3n) is 0. The molecular weight excluding hydrogens is 188 g/mol. The summed E-state index contributed by atoms with van der Waals surface area (Å²) in [5.74, 6) is 0. The summed E-state index contributed by atoms with van der Waals surface area (Å²) in [6.07, 6.45) is 0. The molecule has 0 amide bonds. The van der Waals surface area contributed by atoms with Crippen LogP contribution in [0.3, 0.4) is 0 Å². The molecule has 0 saturated heterocycles. The van der Waals surface area contributed by atoms with E-state index in [0.717, 1.165) is 0 Å². The fourth-order valence-corrected chi connectivity index (χ4v) is 0. The zero-order chi connectivity index (χ0) is 0. The first-order valence-electron chi connectivity index (χ1n) is 0. The summed E-state index contributed by atoms with van der Waals surface area (Å²) in [5.41, 5.74) is 0. The molecule has 0 unspecified atom stereocenters. The Kier molecular flexibility index (Phi) is 184. The van der Waals surface area contributed by atoms with Crippen molar-refractivity contribution in [1.29, 1.82) is 0 Å². The van der Waals surface area contributed by atoms with Crippen molar-refractivity contribution in [2.45, 2.75) is 0 Å². The molecule has 0 rings (SSSR count). The van der Waals surface area contributed by atoms with Crippen LogP contribution >= 0.6 is 0 Å². The van der Waals surface area contributed by atoms with Crippen LogP contribution in [0.15, 0.2) is 0 Å². The van der Waals surface area contributed by atoms with Gasteiger partial charge in [-0.2, -0.15) is 0 Å². The molecule has 0 nitrogen and oxygen atoms in total. The predicted molar refractivity (Wildman–Crippen MR) is 13.1 cm³/mol. The van der Waals surface area contributed by atoms with Crippen molar-refractivity contribution in [3.05, 3.63) is 0 Å². The molecule has 0 heterocycles. The average Bonchev–Trinajstić information content (AvgIpc) is 0. The zero-order valence-corrected chi connectivity index (χ0v) is 7.87. The quantitative estimate of drug-likeness (QED) is 0.454. The van der Waals surface area contributed by atoms with Crippen LogP contribution in [0.1, 0.15) is 0 Å². The maximum Gasteiger partial charge on any atom is 3.00 e. The van der Waals surface area contributed by atoms with Crippen LogP contribution in [0.5, 0.6) is 0 Å². The minimum absolute atomic E-state index is 0. The van der Waals surface area contributed by atoms with Crippen molar-refractivity contribution in [3.63, 3.8) is 0 Å². The minimum atomic E-state index is 0. The van der Waals surface area contributed by atoms with Crippen LogP contribution in [0, 0.1) is 0 Å². The summed E-state index contributed by atoms with van der Waals surface area (Å²) in [6, 6.07) is 0. The van der Waals surface area contributed by atoms with E-state index < -0.39 is 0 Å². The zero-order valence-electron chi connectivity index (χ0n) is 1.99. The molecule has 0 aliphatic rings. The summed E-state index contributed by atoms with van der Waals surface area (Å²) >= 11 is 0. The maximum absolute atomic E-state index is 0. The summed E-state index contributed by atoms with van der Waals surface area (Å²) in [6.45, 7) is 0. The maximum atomic E-state index is 0. The Balaban J connectivity index is 0.